The summed E-state index contributed by atoms with van der Waals surface area (Å²) in [5.74, 6) is 0.580. The van der Waals surface area contributed by atoms with E-state index < -0.39 is 10.0 Å². The molecule has 0 amide bonds. The smallest absolute Gasteiger partial charge is 0.264 e. The summed E-state index contributed by atoms with van der Waals surface area (Å²) in [5, 5.41) is 0.471. The highest BCUT2D eigenvalue weighted by Crippen LogP contribution is 2.35. The third-order valence-corrected chi connectivity index (χ3v) is 6.40. The first-order valence-corrected chi connectivity index (χ1v) is 9.31. The van der Waals surface area contributed by atoms with Crippen LogP contribution in [0.15, 0.2) is 51.8 Å². The molecule has 2 aromatic rings. The van der Waals surface area contributed by atoms with Gasteiger partial charge in [-0.05, 0) is 46.3 Å². The zero-order valence-corrected chi connectivity index (χ0v) is 14.7. The third-order valence-electron chi connectivity index (χ3n) is 3.38. The van der Waals surface area contributed by atoms with E-state index in [4.69, 9.17) is 16.3 Å². The van der Waals surface area contributed by atoms with Crippen molar-refractivity contribution >= 4 is 43.2 Å². The maximum absolute atomic E-state index is 13.0. The highest BCUT2D eigenvalue weighted by atomic mass is 79.9. The Bertz CT molecular complexity index is 810. The number of halogens is 2. The molecule has 7 heteroatoms. The van der Waals surface area contributed by atoms with Gasteiger partial charge in [0.25, 0.3) is 10.0 Å². The average molecular weight is 403 g/mol. The fraction of sp³-hybridized carbons (Fsp3) is 0.200. The molecule has 22 heavy (non-hydrogen) atoms. The van der Waals surface area contributed by atoms with E-state index in [1.54, 1.807) is 24.3 Å². The van der Waals surface area contributed by atoms with E-state index in [0.717, 1.165) is 0 Å². The van der Waals surface area contributed by atoms with Crippen LogP contribution in [0.2, 0.25) is 5.02 Å². The number of fused-ring (bicyclic) bond motifs is 1. The Morgan fingerprint density at radius 2 is 1.95 bits per heavy atom. The van der Waals surface area contributed by atoms with Crippen LogP contribution in [0, 0.1) is 0 Å². The van der Waals surface area contributed by atoms with Crippen molar-refractivity contribution in [3.8, 4) is 5.75 Å². The first-order valence-electron chi connectivity index (χ1n) is 6.70. The van der Waals surface area contributed by atoms with Gasteiger partial charge in [-0.1, -0.05) is 23.7 Å². The minimum absolute atomic E-state index is 0.195. The molecular weight excluding hydrogens is 390 g/mol. The summed E-state index contributed by atoms with van der Waals surface area (Å²) in [4.78, 5) is 0.195. The van der Waals surface area contributed by atoms with Gasteiger partial charge in [0, 0.05) is 17.4 Å². The zero-order chi connectivity index (χ0) is 15.7. The van der Waals surface area contributed by atoms with Gasteiger partial charge in [-0.15, -0.1) is 0 Å². The molecule has 0 bridgehead atoms. The number of hydrogen-bond acceptors (Lipinski definition) is 3. The Hall–Kier alpha value is -1.24. The molecule has 116 valence electrons. The predicted molar refractivity (Wildman–Crippen MR) is 90.2 cm³/mol. The summed E-state index contributed by atoms with van der Waals surface area (Å²) in [6, 6.07) is 11.8. The maximum Gasteiger partial charge on any atom is 0.264 e. The fourth-order valence-corrected chi connectivity index (χ4v) is 4.50. The minimum atomic E-state index is -3.67. The van der Waals surface area contributed by atoms with Gasteiger partial charge in [-0.2, -0.15) is 0 Å². The normalized spacial score (nSPS) is 14.9. The van der Waals surface area contributed by atoms with Crippen LogP contribution in [0.4, 0.5) is 5.69 Å². The van der Waals surface area contributed by atoms with E-state index in [9.17, 15) is 8.42 Å². The maximum atomic E-state index is 13.0. The van der Waals surface area contributed by atoms with Crippen molar-refractivity contribution in [2.24, 2.45) is 0 Å². The van der Waals surface area contributed by atoms with Gasteiger partial charge < -0.3 is 4.74 Å². The van der Waals surface area contributed by atoms with Crippen LogP contribution in [0.5, 0.6) is 5.75 Å². The monoisotopic (exact) mass is 401 g/mol. The fourth-order valence-electron chi connectivity index (χ4n) is 2.31. The minimum Gasteiger partial charge on any atom is -0.491 e. The van der Waals surface area contributed by atoms with Gasteiger partial charge in [-0.25, -0.2) is 8.42 Å². The van der Waals surface area contributed by atoms with Gasteiger partial charge in [0.05, 0.1) is 22.2 Å². The third kappa shape index (κ3) is 2.83. The molecule has 0 aromatic heterocycles. The van der Waals surface area contributed by atoms with Gasteiger partial charge >= 0.3 is 0 Å². The lowest BCUT2D eigenvalue weighted by atomic mass is 10.3. The van der Waals surface area contributed by atoms with E-state index in [-0.39, 0.29) is 4.90 Å². The van der Waals surface area contributed by atoms with E-state index in [2.05, 4.69) is 15.9 Å². The van der Waals surface area contributed by atoms with Crippen LogP contribution in [0.25, 0.3) is 0 Å². The molecular formula is C15H13BrClNO3S. The molecule has 0 atom stereocenters. The van der Waals surface area contributed by atoms with Crippen LogP contribution >= 0.6 is 27.5 Å². The lowest BCUT2D eigenvalue weighted by Gasteiger charge is -2.23. The van der Waals surface area contributed by atoms with E-state index >= 15 is 0 Å². The van der Waals surface area contributed by atoms with E-state index in [1.165, 1.54) is 16.4 Å². The summed E-state index contributed by atoms with van der Waals surface area (Å²) in [5.41, 5.74) is 0.561. The van der Waals surface area contributed by atoms with Crippen molar-refractivity contribution in [1.82, 2.24) is 0 Å². The molecule has 0 saturated heterocycles. The average Bonchev–Trinajstić information content (AvgIpc) is 2.72. The molecule has 4 nitrogen and oxygen atoms in total. The largest absolute Gasteiger partial charge is 0.491 e. The molecule has 0 fully saturated rings. The Kier molecular flexibility index (Phi) is 4.34. The molecule has 0 aliphatic carbocycles. The van der Waals surface area contributed by atoms with Crippen LogP contribution in [0.1, 0.15) is 6.42 Å². The van der Waals surface area contributed by atoms with Crippen LogP contribution in [-0.4, -0.2) is 21.6 Å². The van der Waals surface area contributed by atoms with E-state index in [0.29, 0.717) is 40.5 Å². The molecule has 0 saturated carbocycles. The van der Waals surface area contributed by atoms with Crippen molar-refractivity contribution in [3.05, 3.63) is 52.0 Å². The summed E-state index contributed by atoms with van der Waals surface area (Å²) in [6.45, 7) is 0.868. The standard InChI is InChI=1S/C15H13BrClNO3S/c16-12-10-11(6-7-13(12)17)22(19,20)18-8-3-9-21-15-5-2-1-4-14(15)18/h1-2,4-7,10H,3,8-9H2. The number of para-hydroxylation sites is 2. The number of nitrogens with zero attached hydrogens (tertiary/aromatic N) is 1. The van der Waals surface area contributed by atoms with Crippen LogP contribution < -0.4 is 9.04 Å². The number of hydrogen-bond donors (Lipinski definition) is 0. The number of benzene rings is 2. The molecule has 1 aliphatic heterocycles. The second-order valence-electron chi connectivity index (χ2n) is 4.82. The van der Waals surface area contributed by atoms with Crippen LogP contribution in [-0.2, 0) is 10.0 Å². The zero-order valence-electron chi connectivity index (χ0n) is 11.5. The topological polar surface area (TPSA) is 46.6 Å². The molecule has 0 unspecified atom stereocenters. The van der Waals surface area contributed by atoms with Crippen LogP contribution in [0.3, 0.4) is 0 Å². The lowest BCUT2D eigenvalue weighted by Crippen LogP contribution is -2.31. The molecule has 3 rings (SSSR count). The van der Waals surface area contributed by atoms with Crippen molar-refractivity contribution in [3.63, 3.8) is 0 Å². The van der Waals surface area contributed by atoms with Gasteiger partial charge in [0.15, 0.2) is 0 Å². The molecule has 0 radical (unpaired) electrons. The molecule has 2 aromatic carbocycles. The first kappa shape index (κ1) is 15.6. The summed E-state index contributed by atoms with van der Waals surface area (Å²) >= 11 is 9.22. The molecule has 1 heterocycles. The SMILES string of the molecule is O=S(=O)(c1ccc(Cl)c(Br)c1)N1CCCOc2ccccc21. The number of rotatable bonds is 2. The predicted octanol–water partition coefficient (Wildman–Crippen LogP) is 4.08. The first-order chi connectivity index (χ1) is 10.5. The Morgan fingerprint density at radius 3 is 2.73 bits per heavy atom. The van der Waals surface area contributed by atoms with Crippen molar-refractivity contribution in [2.75, 3.05) is 17.5 Å². The number of ether oxygens (including phenoxy) is 1. The van der Waals surface area contributed by atoms with Gasteiger partial charge in [0.2, 0.25) is 0 Å². The number of anilines is 1. The quantitative estimate of drug-likeness (QED) is 0.760. The van der Waals surface area contributed by atoms with Gasteiger partial charge in [0.1, 0.15) is 5.75 Å². The summed E-state index contributed by atoms with van der Waals surface area (Å²) < 4.78 is 33.5. The molecule has 0 spiro atoms. The van der Waals surface area contributed by atoms with Crippen molar-refractivity contribution < 1.29 is 13.2 Å². The van der Waals surface area contributed by atoms with Crippen molar-refractivity contribution in [2.45, 2.75) is 11.3 Å². The summed E-state index contributed by atoms with van der Waals surface area (Å²) in [6.07, 6.45) is 0.628. The Labute approximate surface area is 142 Å². The summed E-state index contributed by atoms with van der Waals surface area (Å²) in [7, 11) is -3.67. The van der Waals surface area contributed by atoms with Gasteiger partial charge in [-0.3, -0.25) is 4.31 Å². The second-order valence-corrected chi connectivity index (χ2v) is 7.95. The second kappa shape index (κ2) is 6.10. The molecule has 0 N–H and O–H groups in total. The Morgan fingerprint density at radius 1 is 1.18 bits per heavy atom. The Balaban J connectivity index is 2.10. The lowest BCUT2D eigenvalue weighted by molar-refractivity contribution is 0.322. The number of sulfonamides is 1. The van der Waals surface area contributed by atoms with Crippen molar-refractivity contribution in [1.29, 1.82) is 0 Å². The van der Waals surface area contributed by atoms with E-state index in [1.807, 2.05) is 6.07 Å². The highest BCUT2D eigenvalue weighted by Gasteiger charge is 2.29. The molecule has 1 aliphatic rings. The highest BCUT2D eigenvalue weighted by molar-refractivity contribution is 9.10.